The van der Waals surface area contributed by atoms with Crippen molar-refractivity contribution in [1.29, 1.82) is 0 Å². The van der Waals surface area contributed by atoms with E-state index in [0.29, 0.717) is 5.69 Å². The lowest BCUT2D eigenvalue weighted by atomic mass is 10.1. The number of H-pyrrole nitrogens is 3. The number of aromatic nitrogens is 4. The zero-order valence-electron chi connectivity index (χ0n) is 14.7. The van der Waals surface area contributed by atoms with Crippen LogP contribution in [0.2, 0.25) is 0 Å². The number of hydrogen-bond acceptors (Lipinski definition) is 3. The van der Waals surface area contributed by atoms with Crippen molar-refractivity contribution in [1.82, 2.24) is 19.9 Å². The third-order valence-corrected chi connectivity index (χ3v) is 4.16. The standard InChI is InChI=1S/C20H22N4O2/c1-2-3-5-10-15-16(22-13-21-15)12-18-20(26)23-17(19(25)24-18)11-14-8-6-4-7-9-14/h4,6-9,11-13H,2-3,5,10H2,1H3,(H,21,22)(H,23,26)(H,24,25). The first kappa shape index (κ1) is 17.7. The van der Waals surface area contributed by atoms with E-state index in [1.165, 1.54) is 0 Å². The van der Waals surface area contributed by atoms with Crippen LogP contribution >= 0.6 is 0 Å². The molecular formula is C20H22N4O2. The molecule has 6 nitrogen and oxygen atoms in total. The van der Waals surface area contributed by atoms with E-state index in [4.69, 9.17) is 0 Å². The molecule has 0 unspecified atom stereocenters. The minimum atomic E-state index is -0.353. The summed E-state index contributed by atoms with van der Waals surface area (Å²) in [6.07, 6.45) is 9.06. The van der Waals surface area contributed by atoms with Crippen LogP contribution in [-0.4, -0.2) is 19.9 Å². The zero-order valence-corrected chi connectivity index (χ0v) is 14.7. The fraction of sp³-hybridized carbons (Fsp3) is 0.250. The van der Waals surface area contributed by atoms with Crippen LogP contribution in [0.3, 0.4) is 0 Å². The van der Waals surface area contributed by atoms with Crippen LogP contribution in [0.1, 0.15) is 43.1 Å². The van der Waals surface area contributed by atoms with E-state index in [2.05, 4.69) is 26.9 Å². The topological polar surface area (TPSA) is 94.4 Å². The summed E-state index contributed by atoms with van der Waals surface area (Å²) in [6.45, 7) is 2.15. The Balaban J connectivity index is 1.98. The molecule has 3 rings (SSSR count). The highest BCUT2D eigenvalue weighted by molar-refractivity contribution is 5.48. The molecular weight excluding hydrogens is 328 g/mol. The van der Waals surface area contributed by atoms with E-state index in [0.717, 1.165) is 36.9 Å². The van der Waals surface area contributed by atoms with Crippen LogP contribution < -0.4 is 21.8 Å². The van der Waals surface area contributed by atoms with E-state index in [1.54, 1.807) is 18.5 Å². The van der Waals surface area contributed by atoms with Crippen LogP contribution in [-0.2, 0) is 6.42 Å². The maximum atomic E-state index is 12.4. The molecule has 134 valence electrons. The van der Waals surface area contributed by atoms with Gasteiger partial charge in [0.15, 0.2) is 0 Å². The Morgan fingerprint density at radius 3 is 2.35 bits per heavy atom. The largest absolute Gasteiger partial charge is 0.348 e. The summed E-state index contributed by atoms with van der Waals surface area (Å²) in [6, 6.07) is 9.37. The van der Waals surface area contributed by atoms with Gasteiger partial charge in [0.05, 0.1) is 12.0 Å². The van der Waals surface area contributed by atoms with E-state index in [9.17, 15) is 9.59 Å². The molecule has 0 aliphatic carbocycles. The summed E-state index contributed by atoms with van der Waals surface area (Å²) in [4.78, 5) is 37.4. The van der Waals surface area contributed by atoms with Crippen molar-refractivity contribution in [2.24, 2.45) is 0 Å². The molecule has 2 aromatic heterocycles. The number of rotatable bonds is 6. The molecule has 0 radical (unpaired) electrons. The van der Waals surface area contributed by atoms with Gasteiger partial charge >= 0.3 is 0 Å². The van der Waals surface area contributed by atoms with Gasteiger partial charge in [-0.1, -0.05) is 50.1 Å². The van der Waals surface area contributed by atoms with Gasteiger partial charge in [-0.25, -0.2) is 4.98 Å². The van der Waals surface area contributed by atoms with Crippen LogP contribution in [0.4, 0.5) is 0 Å². The number of benzene rings is 1. The summed E-state index contributed by atoms with van der Waals surface area (Å²) < 4.78 is 0. The average molecular weight is 350 g/mol. The Hall–Kier alpha value is -3.15. The Morgan fingerprint density at radius 2 is 1.65 bits per heavy atom. The Morgan fingerprint density at radius 1 is 0.962 bits per heavy atom. The summed E-state index contributed by atoms with van der Waals surface area (Å²) in [5.74, 6) is 0. The average Bonchev–Trinajstić information content (AvgIpc) is 3.07. The van der Waals surface area contributed by atoms with E-state index in [-0.39, 0.29) is 21.8 Å². The highest BCUT2D eigenvalue weighted by atomic mass is 16.1. The van der Waals surface area contributed by atoms with Gasteiger partial charge in [-0.3, -0.25) is 9.59 Å². The molecule has 2 heterocycles. The molecule has 26 heavy (non-hydrogen) atoms. The van der Waals surface area contributed by atoms with Gasteiger partial charge in [0, 0.05) is 5.69 Å². The van der Waals surface area contributed by atoms with E-state index in [1.807, 2.05) is 30.3 Å². The van der Waals surface area contributed by atoms with Gasteiger partial charge < -0.3 is 15.0 Å². The van der Waals surface area contributed by atoms with Crippen molar-refractivity contribution in [3.8, 4) is 0 Å². The lowest BCUT2D eigenvalue weighted by Gasteiger charge is -1.98. The van der Waals surface area contributed by atoms with Crippen LogP contribution in [0.15, 0.2) is 46.2 Å². The third-order valence-electron chi connectivity index (χ3n) is 4.16. The summed E-state index contributed by atoms with van der Waals surface area (Å²) >= 11 is 0. The van der Waals surface area contributed by atoms with Crippen molar-refractivity contribution >= 4 is 12.2 Å². The van der Waals surface area contributed by atoms with Crippen LogP contribution in [0.5, 0.6) is 0 Å². The molecule has 0 saturated heterocycles. The fourth-order valence-electron chi connectivity index (χ4n) is 2.76. The quantitative estimate of drug-likeness (QED) is 0.583. The maximum Gasteiger partial charge on any atom is 0.272 e. The minimum absolute atomic E-state index is 0.198. The van der Waals surface area contributed by atoms with Crippen molar-refractivity contribution in [2.75, 3.05) is 0 Å². The molecule has 0 aliphatic rings. The first-order valence-electron chi connectivity index (χ1n) is 8.80. The van der Waals surface area contributed by atoms with Crippen LogP contribution in [0, 0.1) is 0 Å². The van der Waals surface area contributed by atoms with Gasteiger partial charge in [-0.15, -0.1) is 0 Å². The summed E-state index contributed by atoms with van der Waals surface area (Å²) in [5, 5.41) is 0.424. The van der Waals surface area contributed by atoms with Crippen molar-refractivity contribution < 1.29 is 0 Å². The SMILES string of the molecule is CCCCCc1[nH]cnc1C=c1[nH]c(=O)c(=Cc2ccccc2)[nH]c1=O. The normalized spacial score (nSPS) is 12.7. The molecule has 0 atom stereocenters. The van der Waals surface area contributed by atoms with E-state index < -0.39 is 0 Å². The van der Waals surface area contributed by atoms with Crippen LogP contribution in [0.25, 0.3) is 12.2 Å². The molecule has 3 aromatic rings. The second kappa shape index (κ2) is 8.29. The monoisotopic (exact) mass is 350 g/mol. The summed E-state index contributed by atoms with van der Waals surface area (Å²) in [5.41, 5.74) is 1.80. The zero-order chi connectivity index (χ0) is 18.4. The number of aryl methyl sites for hydroxylation is 1. The maximum absolute atomic E-state index is 12.4. The lowest BCUT2D eigenvalue weighted by Crippen LogP contribution is -2.46. The van der Waals surface area contributed by atoms with Gasteiger partial charge in [0.1, 0.15) is 10.7 Å². The predicted molar refractivity (Wildman–Crippen MR) is 102 cm³/mol. The Bertz CT molecular complexity index is 1090. The Kier molecular flexibility index (Phi) is 5.63. The summed E-state index contributed by atoms with van der Waals surface area (Å²) in [7, 11) is 0. The molecule has 1 aromatic carbocycles. The molecule has 6 heteroatoms. The van der Waals surface area contributed by atoms with Gasteiger partial charge in [-0.2, -0.15) is 0 Å². The van der Waals surface area contributed by atoms with Gasteiger partial charge in [-0.05, 0) is 30.6 Å². The molecule has 0 spiro atoms. The molecule has 0 aliphatic heterocycles. The number of aromatic amines is 3. The molecule has 0 fully saturated rings. The number of imidazole rings is 1. The lowest BCUT2D eigenvalue weighted by molar-refractivity contribution is 0.708. The number of nitrogens with one attached hydrogen (secondary N) is 3. The van der Waals surface area contributed by atoms with Gasteiger partial charge in [0.2, 0.25) is 0 Å². The smallest absolute Gasteiger partial charge is 0.272 e. The molecule has 0 amide bonds. The number of hydrogen-bond donors (Lipinski definition) is 3. The number of unbranched alkanes of at least 4 members (excludes halogenated alkanes) is 2. The molecule has 0 bridgehead atoms. The Labute approximate surface area is 150 Å². The van der Waals surface area contributed by atoms with Crippen molar-refractivity contribution in [3.63, 3.8) is 0 Å². The first-order valence-corrected chi connectivity index (χ1v) is 8.80. The van der Waals surface area contributed by atoms with Crippen molar-refractivity contribution in [3.05, 3.63) is 85.0 Å². The molecule has 0 saturated carbocycles. The van der Waals surface area contributed by atoms with E-state index >= 15 is 0 Å². The molecule has 3 N–H and O–H groups in total. The first-order chi connectivity index (χ1) is 12.7. The third kappa shape index (κ3) is 4.27. The second-order valence-corrected chi connectivity index (χ2v) is 6.16. The number of nitrogens with zero attached hydrogens (tertiary/aromatic N) is 1. The predicted octanol–water partition coefficient (Wildman–Crippen LogP) is 1.18. The fourth-order valence-corrected chi connectivity index (χ4v) is 2.76. The highest BCUT2D eigenvalue weighted by Gasteiger charge is 2.04. The second-order valence-electron chi connectivity index (χ2n) is 6.16. The van der Waals surface area contributed by atoms with Gasteiger partial charge in [0.25, 0.3) is 11.1 Å². The minimum Gasteiger partial charge on any atom is -0.348 e. The highest BCUT2D eigenvalue weighted by Crippen LogP contribution is 2.08. The van der Waals surface area contributed by atoms with Crippen molar-refractivity contribution in [2.45, 2.75) is 32.6 Å².